The third-order valence-corrected chi connectivity index (χ3v) is 4.90. The molecule has 180 valence electrons. The van der Waals surface area contributed by atoms with Crippen molar-refractivity contribution in [3.05, 3.63) is 65.2 Å². The summed E-state index contributed by atoms with van der Waals surface area (Å²) in [5.74, 6) is -2.43. The van der Waals surface area contributed by atoms with Crippen LogP contribution >= 0.6 is 0 Å². The topological polar surface area (TPSA) is 61.8 Å². The van der Waals surface area contributed by atoms with E-state index in [1.54, 1.807) is 45.0 Å². The Morgan fingerprint density at radius 1 is 0.909 bits per heavy atom. The summed E-state index contributed by atoms with van der Waals surface area (Å²) in [6.45, 7) is 7.23. The first-order chi connectivity index (χ1) is 15.3. The lowest BCUT2D eigenvalue weighted by atomic mass is 9.78. The Labute approximate surface area is 191 Å². The summed E-state index contributed by atoms with van der Waals surface area (Å²) in [4.78, 5) is 25.1. The van der Waals surface area contributed by atoms with Crippen LogP contribution in [-0.4, -0.2) is 31.0 Å². The molecule has 2 rings (SSSR count). The highest BCUT2D eigenvalue weighted by atomic mass is 19.4. The quantitative estimate of drug-likeness (QED) is 0.423. The third kappa shape index (κ3) is 7.80. The summed E-state index contributed by atoms with van der Waals surface area (Å²) in [6, 6.07) is 12.0. The van der Waals surface area contributed by atoms with Crippen molar-refractivity contribution in [3.8, 4) is 5.75 Å². The smallest absolute Gasteiger partial charge is 0.465 e. The molecule has 0 radical (unpaired) electrons. The fourth-order valence-corrected chi connectivity index (χ4v) is 3.60. The van der Waals surface area contributed by atoms with Crippen LogP contribution in [-0.2, 0) is 14.3 Å². The Balaban J connectivity index is 2.49. The van der Waals surface area contributed by atoms with Crippen molar-refractivity contribution in [1.82, 2.24) is 0 Å². The molecule has 2 unspecified atom stereocenters. The van der Waals surface area contributed by atoms with E-state index in [0.29, 0.717) is 17.5 Å². The van der Waals surface area contributed by atoms with Gasteiger partial charge in [0.2, 0.25) is 0 Å². The average molecular weight is 466 g/mol. The molecular formula is C25H29F3O5. The summed E-state index contributed by atoms with van der Waals surface area (Å²) in [5.41, 5.74) is 0.935. The second-order valence-corrected chi connectivity index (χ2v) is 8.64. The maximum Gasteiger partial charge on any atom is 0.573 e. The number of esters is 2. The highest BCUT2D eigenvalue weighted by Crippen LogP contribution is 2.39. The van der Waals surface area contributed by atoms with Gasteiger partial charge in [0.1, 0.15) is 11.4 Å². The zero-order valence-electron chi connectivity index (χ0n) is 19.4. The number of hydrogen-bond donors (Lipinski definition) is 0. The van der Waals surface area contributed by atoms with Gasteiger partial charge in [-0.05, 0) is 62.6 Å². The van der Waals surface area contributed by atoms with Gasteiger partial charge in [0.05, 0.1) is 18.6 Å². The molecular weight excluding hydrogens is 437 g/mol. The maximum atomic E-state index is 13.3. The van der Waals surface area contributed by atoms with E-state index in [0.717, 1.165) is 12.0 Å². The van der Waals surface area contributed by atoms with Crippen LogP contribution in [0.3, 0.4) is 0 Å². The number of halogens is 3. The van der Waals surface area contributed by atoms with Gasteiger partial charge < -0.3 is 14.2 Å². The second-order valence-electron chi connectivity index (χ2n) is 8.64. The highest BCUT2D eigenvalue weighted by Gasteiger charge is 2.35. The molecule has 2 aromatic rings. The average Bonchev–Trinajstić information content (AvgIpc) is 2.72. The van der Waals surface area contributed by atoms with Crippen molar-refractivity contribution < 1.29 is 37.0 Å². The fraction of sp³-hybridized carbons (Fsp3) is 0.440. The molecule has 2 atom stereocenters. The second kappa shape index (κ2) is 10.7. The van der Waals surface area contributed by atoms with E-state index in [4.69, 9.17) is 9.47 Å². The Hall–Kier alpha value is -3.03. The molecule has 0 aliphatic rings. The number of ether oxygens (including phenoxy) is 3. The molecule has 0 fully saturated rings. The molecule has 0 heterocycles. The van der Waals surface area contributed by atoms with Crippen LogP contribution in [0.4, 0.5) is 13.2 Å². The molecule has 0 saturated carbocycles. The minimum Gasteiger partial charge on any atom is -0.465 e. The van der Waals surface area contributed by atoms with Gasteiger partial charge >= 0.3 is 18.3 Å². The monoisotopic (exact) mass is 466 g/mol. The zero-order chi connectivity index (χ0) is 24.8. The molecule has 0 aliphatic carbocycles. The number of carbonyl (C=O) groups excluding carboxylic acids is 2. The number of alkyl halides is 3. The number of rotatable bonds is 8. The first kappa shape index (κ1) is 26.2. The van der Waals surface area contributed by atoms with Crippen LogP contribution in [0.5, 0.6) is 5.75 Å². The molecule has 0 bridgehead atoms. The molecule has 0 aromatic heterocycles. The predicted octanol–water partition coefficient (Wildman–Crippen LogP) is 6.38. The molecule has 0 aliphatic heterocycles. The van der Waals surface area contributed by atoms with Gasteiger partial charge in [-0.1, -0.05) is 37.6 Å². The van der Waals surface area contributed by atoms with Gasteiger partial charge in [0.25, 0.3) is 0 Å². The van der Waals surface area contributed by atoms with E-state index in [1.165, 1.54) is 31.4 Å². The minimum atomic E-state index is -4.81. The molecule has 0 amide bonds. The van der Waals surface area contributed by atoms with Gasteiger partial charge in [0.15, 0.2) is 0 Å². The number of carbonyl (C=O) groups is 2. The van der Waals surface area contributed by atoms with Crippen LogP contribution in [0, 0.1) is 0 Å². The van der Waals surface area contributed by atoms with Gasteiger partial charge in [-0.25, -0.2) is 4.79 Å². The number of benzene rings is 2. The van der Waals surface area contributed by atoms with Crippen molar-refractivity contribution in [2.24, 2.45) is 0 Å². The Kier molecular flexibility index (Phi) is 8.52. The fourth-order valence-electron chi connectivity index (χ4n) is 3.60. The highest BCUT2D eigenvalue weighted by molar-refractivity contribution is 5.89. The van der Waals surface area contributed by atoms with E-state index >= 15 is 0 Å². The van der Waals surface area contributed by atoms with Crippen molar-refractivity contribution in [3.63, 3.8) is 0 Å². The van der Waals surface area contributed by atoms with Crippen LogP contribution in [0.15, 0.2) is 48.5 Å². The first-order valence-corrected chi connectivity index (χ1v) is 10.6. The summed E-state index contributed by atoms with van der Waals surface area (Å²) >= 11 is 0. The Morgan fingerprint density at radius 3 is 1.91 bits per heavy atom. The van der Waals surface area contributed by atoms with Gasteiger partial charge in [-0.15, -0.1) is 13.2 Å². The van der Waals surface area contributed by atoms with Crippen molar-refractivity contribution >= 4 is 11.9 Å². The SMILES string of the molecule is CCCC(c1ccc(C(=O)OC)cc1)C(C(=O)OC(C)(C)C)c1ccc(OC(F)(F)F)cc1. The molecule has 8 heteroatoms. The number of methoxy groups -OCH3 is 1. The van der Waals surface area contributed by atoms with E-state index in [2.05, 4.69) is 4.74 Å². The van der Waals surface area contributed by atoms with Gasteiger partial charge in [-0.2, -0.15) is 0 Å². The third-order valence-electron chi connectivity index (χ3n) is 4.90. The minimum absolute atomic E-state index is 0.328. The van der Waals surface area contributed by atoms with E-state index in [9.17, 15) is 22.8 Å². The summed E-state index contributed by atoms with van der Waals surface area (Å²) < 4.78 is 52.0. The van der Waals surface area contributed by atoms with Crippen LogP contribution in [0.25, 0.3) is 0 Å². The first-order valence-electron chi connectivity index (χ1n) is 10.6. The van der Waals surface area contributed by atoms with Crippen molar-refractivity contribution in [2.45, 2.75) is 64.3 Å². The molecule has 5 nitrogen and oxygen atoms in total. The van der Waals surface area contributed by atoms with E-state index < -0.39 is 29.8 Å². The Bertz CT molecular complexity index is 929. The van der Waals surface area contributed by atoms with E-state index in [1.807, 2.05) is 6.92 Å². The molecule has 33 heavy (non-hydrogen) atoms. The summed E-state index contributed by atoms with van der Waals surface area (Å²) in [5, 5.41) is 0. The predicted molar refractivity (Wildman–Crippen MR) is 117 cm³/mol. The molecule has 0 saturated heterocycles. The van der Waals surface area contributed by atoms with Gasteiger partial charge in [-0.3, -0.25) is 4.79 Å². The molecule has 0 N–H and O–H groups in total. The summed E-state index contributed by atoms with van der Waals surface area (Å²) in [6.07, 6.45) is -3.45. The van der Waals surface area contributed by atoms with Crippen molar-refractivity contribution in [1.29, 1.82) is 0 Å². The lowest BCUT2D eigenvalue weighted by Crippen LogP contribution is -2.30. The maximum absolute atomic E-state index is 13.3. The zero-order valence-corrected chi connectivity index (χ0v) is 19.4. The van der Waals surface area contributed by atoms with Crippen LogP contribution in [0.2, 0.25) is 0 Å². The lowest BCUT2D eigenvalue weighted by molar-refractivity contribution is -0.274. The van der Waals surface area contributed by atoms with Gasteiger partial charge in [0, 0.05) is 5.92 Å². The van der Waals surface area contributed by atoms with Crippen LogP contribution in [0.1, 0.15) is 73.9 Å². The standard InChI is InChI=1S/C25H29F3O5/c1-6-7-20(16-8-10-18(11-9-16)22(29)31-5)21(23(30)33-24(2,3)4)17-12-14-19(15-13-17)32-25(26,27)28/h8-15,20-21H,6-7H2,1-5H3. The summed E-state index contributed by atoms with van der Waals surface area (Å²) in [7, 11) is 1.29. The normalized spacial score (nSPS) is 13.7. The largest absolute Gasteiger partial charge is 0.573 e. The van der Waals surface area contributed by atoms with Crippen LogP contribution < -0.4 is 4.74 Å². The van der Waals surface area contributed by atoms with Crippen molar-refractivity contribution in [2.75, 3.05) is 7.11 Å². The lowest BCUT2D eigenvalue weighted by Gasteiger charge is -2.30. The Morgan fingerprint density at radius 2 is 1.45 bits per heavy atom. The number of hydrogen-bond acceptors (Lipinski definition) is 5. The molecule has 2 aromatic carbocycles. The molecule has 0 spiro atoms. The van der Waals surface area contributed by atoms with E-state index in [-0.39, 0.29) is 11.7 Å².